The molecule has 2 N–H and O–H groups in total. The molecule has 0 spiro atoms. The smallest absolute Gasteiger partial charge is 0.417 e. The molecule has 2 heterocycles. The molecule has 25 heavy (non-hydrogen) atoms. The third kappa shape index (κ3) is 4.95. The number of aromatic nitrogens is 1. The molecule has 0 aromatic carbocycles. The summed E-state index contributed by atoms with van der Waals surface area (Å²) >= 11 is 5.75. The minimum absolute atomic E-state index is 0.0132. The molecule has 1 aromatic rings. The van der Waals surface area contributed by atoms with Crippen LogP contribution in [0.5, 0.6) is 0 Å². The summed E-state index contributed by atoms with van der Waals surface area (Å²) in [5.41, 5.74) is -0.975. The number of hydrogen-bond acceptors (Lipinski definition) is 5. The van der Waals surface area contributed by atoms with Crippen molar-refractivity contribution in [3.05, 3.63) is 22.8 Å². The van der Waals surface area contributed by atoms with E-state index in [1.807, 2.05) is 0 Å². The predicted octanol–water partition coefficient (Wildman–Crippen LogP) is 1.87. The molecule has 1 aromatic heterocycles. The van der Waals surface area contributed by atoms with Gasteiger partial charge >= 0.3 is 12.1 Å². The molecular formula is C14H15ClF3N3O4. The molecule has 11 heteroatoms. The van der Waals surface area contributed by atoms with Gasteiger partial charge < -0.3 is 20.1 Å². The molecule has 0 bridgehead atoms. The van der Waals surface area contributed by atoms with Gasteiger partial charge in [0.1, 0.15) is 5.82 Å². The van der Waals surface area contributed by atoms with E-state index in [9.17, 15) is 22.8 Å². The molecule has 1 aliphatic heterocycles. The summed E-state index contributed by atoms with van der Waals surface area (Å²) in [6, 6.07) is -0.310. The average Bonchev–Trinajstić information content (AvgIpc) is 2.55. The fraction of sp³-hybridized carbons (Fsp3) is 0.500. The SMILES string of the molecule is O=C(O)C1COCCN1C(=O)CCNc1ncc(C(F)(F)F)cc1Cl. The lowest BCUT2D eigenvalue weighted by Gasteiger charge is -2.32. The maximum atomic E-state index is 12.5. The van der Waals surface area contributed by atoms with Crippen molar-refractivity contribution in [1.29, 1.82) is 0 Å². The molecule has 2 rings (SSSR count). The van der Waals surface area contributed by atoms with E-state index in [2.05, 4.69) is 10.3 Å². The quantitative estimate of drug-likeness (QED) is 0.809. The minimum atomic E-state index is -4.55. The molecule has 1 saturated heterocycles. The number of halogens is 4. The molecule has 0 saturated carbocycles. The Balaban J connectivity index is 1.92. The topological polar surface area (TPSA) is 91.8 Å². The number of aliphatic carboxylic acids is 1. The van der Waals surface area contributed by atoms with E-state index in [4.69, 9.17) is 21.4 Å². The number of rotatable bonds is 5. The second-order valence-electron chi connectivity index (χ2n) is 5.25. The third-order valence-electron chi connectivity index (χ3n) is 3.53. The van der Waals surface area contributed by atoms with E-state index in [0.717, 1.165) is 6.07 Å². The van der Waals surface area contributed by atoms with E-state index < -0.39 is 29.7 Å². The average molecular weight is 382 g/mol. The lowest BCUT2D eigenvalue weighted by Crippen LogP contribution is -2.52. The maximum Gasteiger partial charge on any atom is 0.417 e. The van der Waals surface area contributed by atoms with Crippen molar-refractivity contribution in [2.45, 2.75) is 18.6 Å². The van der Waals surface area contributed by atoms with Gasteiger partial charge in [-0.1, -0.05) is 11.6 Å². The van der Waals surface area contributed by atoms with Crippen LogP contribution in [0.1, 0.15) is 12.0 Å². The molecule has 138 valence electrons. The van der Waals surface area contributed by atoms with Crippen LogP contribution >= 0.6 is 11.6 Å². The summed E-state index contributed by atoms with van der Waals surface area (Å²) in [5.74, 6) is -1.56. The number of carbonyl (C=O) groups is 2. The van der Waals surface area contributed by atoms with Crippen LogP contribution in [-0.4, -0.2) is 59.2 Å². The van der Waals surface area contributed by atoms with Gasteiger partial charge in [-0.05, 0) is 6.07 Å². The van der Waals surface area contributed by atoms with Gasteiger partial charge in [0.15, 0.2) is 6.04 Å². The van der Waals surface area contributed by atoms with E-state index in [1.54, 1.807) is 0 Å². The number of hydrogen-bond donors (Lipinski definition) is 2. The van der Waals surface area contributed by atoms with Gasteiger partial charge in [0.05, 0.1) is 23.8 Å². The van der Waals surface area contributed by atoms with Crippen LogP contribution in [0.25, 0.3) is 0 Å². The van der Waals surface area contributed by atoms with Crippen LogP contribution in [-0.2, 0) is 20.5 Å². The van der Waals surface area contributed by atoms with E-state index in [1.165, 1.54) is 4.90 Å². The number of pyridine rings is 1. The van der Waals surface area contributed by atoms with Gasteiger partial charge in [0.25, 0.3) is 0 Å². The van der Waals surface area contributed by atoms with Gasteiger partial charge in [-0.15, -0.1) is 0 Å². The van der Waals surface area contributed by atoms with E-state index >= 15 is 0 Å². The Hall–Kier alpha value is -2.07. The molecule has 7 nitrogen and oxygen atoms in total. The standard InChI is InChI=1S/C14H15ClF3N3O4/c15-9-5-8(14(16,17)18)6-20-12(9)19-2-1-11(22)21-3-4-25-7-10(21)13(23)24/h5-6,10H,1-4,7H2,(H,19,20)(H,23,24). The molecule has 1 atom stereocenters. The number of anilines is 1. The first kappa shape index (κ1) is 19.3. The first-order valence-corrected chi connectivity index (χ1v) is 7.64. The molecule has 0 aliphatic carbocycles. The number of nitrogens with zero attached hydrogens (tertiary/aromatic N) is 2. The Labute approximate surface area is 145 Å². The van der Waals surface area contributed by atoms with Crippen LogP contribution in [0.2, 0.25) is 5.02 Å². The molecular weight excluding hydrogens is 367 g/mol. The lowest BCUT2D eigenvalue weighted by atomic mass is 10.2. The number of ether oxygens (including phenoxy) is 1. The zero-order valence-electron chi connectivity index (χ0n) is 12.8. The summed E-state index contributed by atoms with van der Waals surface area (Å²) < 4.78 is 42.7. The Morgan fingerprint density at radius 2 is 2.20 bits per heavy atom. The lowest BCUT2D eigenvalue weighted by molar-refractivity contribution is -0.158. The van der Waals surface area contributed by atoms with Crippen molar-refractivity contribution < 1.29 is 32.6 Å². The van der Waals surface area contributed by atoms with Gasteiger partial charge in [-0.25, -0.2) is 9.78 Å². The van der Waals surface area contributed by atoms with Gasteiger partial charge in [0, 0.05) is 25.7 Å². The zero-order valence-corrected chi connectivity index (χ0v) is 13.6. The van der Waals surface area contributed by atoms with Crippen LogP contribution in [0.4, 0.5) is 19.0 Å². The van der Waals surface area contributed by atoms with Crippen LogP contribution in [0.15, 0.2) is 12.3 Å². The fourth-order valence-corrected chi connectivity index (χ4v) is 2.49. The van der Waals surface area contributed by atoms with E-state index in [0.29, 0.717) is 6.20 Å². The zero-order chi connectivity index (χ0) is 18.6. The van der Waals surface area contributed by atoms with Crippen molar-refractivity contribution >= 4 is 29.3 Å². The van der Waals surface area contributed by atoms with Crippen LogP contribution in [0, 0.1) is 0 Å². The van der Waals surface area contributed by atoms with E-state index in [-0.39, 0.29) is 43.6 Å². The van der Waals surface area contributed by atoms with Gasteiger partial charge in [0.2, 0.25) is 5.91 Å². The minimum Gasteiger partial charge on any atom is -0.480 e. The Morgan fingerprint density at radius 3 is 2.80 bits per heavy atom. The second-order valence-corrected chi connectivity index (χ2v) is 5.65. The highest BCUT2D eigenvalue weighted by Crippen LogP contribution is 2.32. The van der Waals surface area contributed by atoms with Crippen molar-refractivity contribution in [2.24, 2.45) is 0 Å². The Kier molecular flexibility index (Phi) is 6.07. The summed E-state index contributed by atoms with van der Waals surface area (Å²) in [6.07, 6.45) is -3.98. The van der Waals surface area contributed by atoms with Crippen molar-refractivity contribution in [3.63, 3.8) is 0 Å². The highest BCUT2D eigenvalue weighted by molar-refractivity contribution is 6.32. The largest absolute Gasteiger partial charge is 0.480 e. The summed E-state index contributed by atoms with van der Waals surface area (Å²) in [7, 11) is 0. The van der Waals surface area contributed by atoms with Crippen LogP contribution in [0.3, 0.4) is 0 Å². The summed E-state index contributed by atoms with van der Waals surface area (Å²) in [5, 5.41) is 11.5. The van der Waals surface area contributed by atoms with Crippen molar-refractivity contribution in [1.82, 2.24) is 9.88 Å². The number of alkyl halides is 3. The third-order valence-corrected chi connectivity index (χ3v) is 3.82. The maximum absolute atomic E-state index is 12.5. The predicted molar refractivity (Wildman–Crippen MR) is 81.3 cm³/mol. The van der Waals surface area contributed by atoms with Crippen molar-refractivity contribution in [2.75, 3.05) is 31.6 Å². The van der Waals surface area contributed by atoms with Crippen molar-refractivity contribution in [3.8, 4) is 0 Å². The molecule has 1 fully saturated rings. The first-order valence-electron chi connectivity index (χ1n) is 7.27. The molecule has 1 aliphatic rings. The fourth-order valence-electron chi connectivity index (χ4n) is 2.26. The Bertz CT molecular complexity index is 657. The summed E-state index contributed by atoms with van der Waals surface area (Å²) in [4.78, 5) is 28.1. The number of morpholine rings is 1. The monoisotopic (exact) mass is 381 g/mol. The second kappa shape index (κ2) is 7.87. The number of amides is 1. The highest BCUT2D eigenvalue weighted by atomic mass is 35.5. The number of carbonyl (C=O) groups excluding carboxylic acids is 1. The molecule has 1 unspecified atom stereocenters. The summed E-state index contributed by atoms with van der Waals surface area (Å²) in [6.45, 7) is 0.367. The number of carboxylic acid groups (broad SMARTS) is 1. The molecule has 1 amide bonds. The normalized spacial score (nSPS) is 18.1. The number of nitrogens with one attached hydrogen (secondary N) is 1. The Morgan fingerprint density at radius 1 is 1.48 bits per heavy atom. The molecule has 0 radical (unpaired) electrons. The van der Waals surface area contributed by atoms with Gasteiger partial charge in [-0.2, -0.15) is 13.2 Å². The van der Waals surface area contributed by atoms with Gasteiger partial charge in [-0.3, -0.25) is 4.79 Å². The highest BCUT2D eigenvalue weighted by Gasteiger charge is 2.33. The first-order chi connectivity index (χ1) is 11.7. The number of carboxylic acids is 1. The van der Waals surface area contributed by atoms with Crippen LogP contribution < -0.4 is 5.32 Å².